The molecule has 0 bridgehead atoms. The molecule has 19 heavy (non-hydrogen) atoms. The molecule has 0 aliphatic carbocycles. The molecule has 0 aromatic heterocycles. The van der Waals surface area contributed by atoms with Crippen LogP contribution in [0.25, 0.3) is 0 Å². The van der Waals surface area contributed by atoms with Gasteiger partial charge in [0, 0.05) is 19.5 Å². The largest absolute Gasteiger partial charge is 0.321 e. The van der Waals surface area contributed by atoms with Gasteiger partial charge in [-0.3, -0.25) is 0 Å². The summed E-state index contributed by atoms with van der Waals surface area (Å²) in [6.07, 6.45) is 0.730. The van der Waals surface area contributed by atoms with Crippen LogP contribution < -0.4 is 5.73 Å². The van der Waals surface area contributed by atoms with Gasteiger partial charge in [0.1, 0.15) is 0 Å². The molecule has 0 saturated carbocycles. The summed E-state index contributed by atoms with van der Waals surface area (Å²) in [4.78, 5) is 0. The number of hydrogen-bond acceptors (Lipinski definition) is 1. The second-order valence-electron chi connectivity index (χ2n) is 4.85. The van der Waals surface area contributed by atoms with E-state index in [0.717, 1.165) is 20.9 Å². The molecule has 0 aliphatic rings. The topological polar surface area (TPSA) is 26.0 Å². The van der Waals surface area contributed by atoms with Crippen LogP contribution in [-0.4, -0.2) is 0 Å². The van der Waals surface area contributed by atoms with Crippen LogP contribution in [0, 0.1) is 0 Å². The third-order valence-electron chi connectivity index (χ3n) is 3.01. The van der Waals surface area contributed by atoms with Crippen LogP contribution in [0.5, 0.6) is 0 Å². The van der Waals surface area contributed by atoms with Gasteiger partial charge in [-0.2, -0.15) is 0 Å². The zero-order chi connectivity index (χ0) is 14.0. The lowest BCUT2D eigenvalue weighted by molar-refractivity contribution is 0.491. The lowest BCUT2D eigenvalue weighted by Crippen LogP contribution is -2.35. The third kappa shape index (κ3) is 3.82. The fourth-order valence-electron chi connectivity index (χ4n) is 2.12. The van der Waals surface area contributed by atoms with Crippen molar-refractivity contribution in [1.82, 2.24) is 0 Å². The average molecular weight is 404 g/mol. The molecule has 1 nitrogen and oxygen atoms in total. The van der Waals surface area contributed by atoms with Crippen molar-refractivity contribution < 1.29 is 0 Å². The highest BCUT2D eigenvalue weighted by Gasteiger charge is 2.24. The minimum atomic E-state index is -0.501. The molecule has 0 aliphatic heterocycles. The van der Waals surface area contributed by atoms with Gasteiger partial charge >= 0.3 is 0 Å². The molecular weight excluding hydrogens is 389 g/mol. The van der Waals surface area contributed by atoms with E-state index in [4.69, 9.17) is 17.3 Å². The SMILES string of the molecule is CC(N)(Cc1cccc(Br)c1)c1ccc(Br)cc1Cl. The normalized spacial score (nSPS) is 14.2. The molecule has 100 valence electrons. The van der Waals surface area contributed by atoms with Gasteiger partial charge in [-0.1, -0.05) is 61.7 Å². The minimum Gasteiger partial charge on any atom is -0.321 e. The van der Waals surface area contributed by atoms with Crippen LogP contribution in [0.4, 0.5) is 0 Å². The first-order valence-electron chi connectivity index (χ1n) is 5.87. The van der Waals surface area contributed by atoms with Crippen LogP contribution in [-0.2, 0) is 12.0 Å². The van der Waals surface area contributed by atoms with Gasteiger partial charge in [-0.25, -0.2) is 0 Å². The Labute approximate surface area is 135 Å². The van der Waals surface area contributed by atoms with Crippen LogP contribution >= 0.6 is 43.5 Å². The van der Waals surface area contributed by atoms with E-state index in [1.807, 2.05) is 37.3 Å². The van der Waals surface area contributed by atoms with Gasteiger partial charge in [0.25, 0.3) is 0 Å². The second-order valence-corrected chi connectivity index (χ2v) is 7.09. The maximum atomic E-state index is 6.46. The number of benzene rings is 2. The number of hydrogen-bond donors (Lipinski definition) is 1. The van der Waals surface area contributed by atoms with Crippen molar-refractivity contribution in [2.75, 3.05) is 0 Å². The number of halogens is 3. The summed E-state index contributed by atoms with van der Waals surface area (Å²) in [6.45, 7) is 2.00. The lowest BCUT2D eigenvalue weighted by Gasteiger charge is -2.26. The van der Waals surface area contributed by atoms with Crippen molar-refractivity contribution in [3.63, 3.8) is 0 Å². The van der Waals surface area contributed by atoms with E-state index >= 15 is 0 Å². The standard InChI is InChI=1S/C15H14Br2ClN/c1-15(19,9-10-3-2-4-11(16)7-10)13-6-5-12(17)8-14(13)18/h2-8H,9,19H2,1H3. The Morgan fingerprint density at radius 2 is 1.79 bits per heavy atom. The van der Waals surface area contributed by atoms with Gasteiger partial charge < -0.3 is 5.73 Å². The Morgan fingerprint density at radius 3 is 2.42 bits per heavy atom. The maximum Gasteiger partial charge on any atom is 0.0467 e. The smallest absolute Gasteiger partial charge is 0.0467 e. The van der Waals surface area contributed by atoms with Crippen molar-refractivity contribution in [3.05, 3.63) is 67.6 Å². The average Bonchev–Trinajstić information content (AvgIpc) is 2.27. The fraction of sp³-hybridized carbons (Fsp3) is 0.200. The van der Waals surface area contributed by atoms with E-state index in [1.165, 1.54) is 5.56 Å². The minimum absolute atomic E-state index is 0.501. The highest BCUT2D eigenvalue weighted by atomic mass is 79.9. The summed E-state index contributed by atoms with van der Waals surface area (Å²) in [6, 6.07) is 14.0. The summed E-state index contributed by atoms with van der Waals surface area (Å²) in [5.74, 6) is 0. The summed E-state index contributed by atoms with van der Waals surface area (Å²) >= 11 is 13.2. The monoisotopic (exact) mass is 401 g/mol. The molecule has 0 spiro atoms. The van der Waals surface area contributed by atoms with E-state index in [9.17, 15) is 0 Å². The molecule has 2 aromatic rings. The first-order valence-corrected chi connectivity index (χ1v) is 7.84. The van der Waals surface area contributed by atoms with E-state index in [2.05, 4.69) is 44.0 Å². The van der Waals surface area contributed by atoms with Gasteiger partial charge in [-0.15, -0.1) is 0 Å². The quantitative estimate of drug-likeness (QED) is 0.741. The highest BCUT2D eigenvalue weighted by Crippen LogP contribution is 2.31. The van der Waals surface area contributed by atoms with Gasteiger partial charge in [-0.05, 0) is 48.7 Å². The number of nitrogens with two attached hydrogens (primary N) is 1. The molecule has 0 radical (unpaired) electrons. The van der Waals surface area contributed by atoms with Crippen molar-refractivity contribution in [2.24, 2.45) is 5.73 Å². The maximum absolute atomic E-state index is 6.46. The molecule has 0 fully saturated rings. The van der Waals surface area contributed by atoms with Gasteiger partial charge in [0.05, 0.1) is 0 Å². The summed E-state index contributed by atoms with van der Waals surface area (Å²) in [5, 5.41) is 0.689. The second kappa shape index (κ2) is 5.96. The first kappa shape index (κ1) is 15.0. The Bertz CT molecular complexity index is 596. The van der Waals surface area contributed by atoms with Crippen LogP contribution in [0.1, 0.15) is 18.1 Å². The van der Waals surface area contributed by atoms with Gasteiger partial charge in [0.15, 0.2) is 0 Å². The zero-order valence-corrected chi connectivity index (χ0v) is 14.4. The zero-order valence-electron chi connectivity index (χ0n) is 10.5. The first-order chi connectivity index (χ1) is 8.88. The molecule has 4 heteroatoms. The number of rotatable bonds is 3. The van der Waals surface area contributed by atoms with Crippen molar-refractivity contribution in [2.45, 2.75) is 18.9 Å². The predicted molar refractivity (Wildman–Crippen MR) is 88.5 cm³/mol. The molecule has 1 unspecified atom stereocenters. The van der Waals surface area contributed by atoms with E-state index in [1.54, 1.807) is 0 Å². The Balaban J connectivity index is 2.31. The van der Waals surface area contributed by atoms with Crippen LogP contribution in [0.15, 0.2) is 51.4 Å². The molecule has 0 saturated heterocycles. The van der Waals surface area contributed by atoms with E-state index < -0.39 is 5.54 Å². The molecular formula is C15H14Br2ClN. The molecule has 2 rings (SSSR count). The summed E-state index contributed by atoms with van der Waals surface area (Å²) in [5.41, 5.74) is 8.09. The Morgan fingerprint density at radius 1 is 1.11 bits per heavy atom. The molecule has 0 heterocycles. The van der Waals surface area contributed by atoms with Crippen LogP contribution in [0.3, 0.4) is 0 Å². The summed E-state index contributed by atoms with van der Waals surface area (Å²) in [7, 11) is 0. The molecule has 2 aromatic carbocycles. The highest BCUT2D eigenvalue weighted by molar-refractivity contribution is 9.10. The van der Waals surface area contributed by atoms with Gasteiger partial charge in [0.2, 0.25) is 0 Å². The lowest BCUT2D eigenvalue weighted by atomic mass is 9.86. The fourth-order valence-corrected chi connectivity index (χ4v) is 3.45. The van der Waals surface area contributed by atoms with Crippen LogP contribution in [0.2, 0.25) is 5.02 Å². The Kier molecular flexibility index (Phi) is 4.72. The Hall–Kier alpha value is -0.350. The molecule has 0 amide bonds. The third-order valence-corrected chi connectivity index (χ3v) is 4.31. The molecule has 2 N–H and O–H groups in total. The molecule has 1 atom stereocenters. The van der Waals surface area contributed by atoms with Crippen molar-refractivity contribution in [1.29, 1.82) is 0 Å². The predicted octanol–water partition coefficient (Wildman–Crippen LogP) is 5.28. The summed E-state index contributed by atoms with van der Waals surface area (Å²) < 4.78 is 2.02. The van der Waals surface area contributed by atoms with Crippen molar-refractivity contribution >= 4 is 43.5 Å². The van der Waals surface area contributed by atoms with E-state index in [0.29, 0.717) is 5.02 Å². The van der Waals surface area contributed by atoms with Crippen molar-refractivity contribution in [3.8, 4) is 0 Å². The van der Waals surface area contributed by atoms with E-state index in [-0.39, 0.29) is 0 Å².